The summed E-state index contributed by atoms with van der Waals surface area (Å²) in [5, 5.41) is 0. The van der Waals surface area contributed by atoms with E-state index in [0.717, 1.165) is 17.8 Å². The quantitative estimate of drug-likeness (QED) is 0.152. The van der Waals surface area contributed by atoms with Crippen LogP contribution in [0.1, 0.15) is 123 Å². The zero-order chi connectivity index (χ0) is 19.3. The number of unbranched alkanes of at least 4 members (excludes halogenated alkanes) is 15. The van der Waals surface area contributed by atoms with Gasteiger partial charge in [0.1, 0.15) is 0 Å². The first-order chi connectivity index (χ1) is 12.6. The number of halogens is 1. The van der Waals surface area contributed by atoms with Crippen molar-refractivity contribution >= 4 is 0 Å². The SMILES string of the molecule is CCCCCCCCCCCOC[N+](C)(C)CCCCCCCCCC.[Cl-]. The van der Waals surface area contributed by atoms with Crippen LogP contribution in [-0.4, -0.2) is 38.5 Å². The second-order valence-corrected chi connectivity index (χ2v) is 9.00. The van der Waals surface area contributed by atoms with Crippen LogP contribution in [0.3, 0.4) is 0 Å². The molecule has 0 saturated heterocycles. The van der Waals surface area contributed by atoms with Gasteiger partial charge in [-0.05, 0) is 19.3 Å². The fourth-order valence-corrected chi connectivity index (χ4v) is 3.56. The van der Waals surface area contributed by atoms with Gasteiger partial charge in [0.2, 0.25) is 0 Å². The molecular formula is C24H52ClNO. The predicted octanol–water partition coefficient (Wildman–Crippen LogP) is 4.71. The van der Waals surface area contributed by atoms with Crippen molar-refractivity contribution in [1.29, 1.82) is 0 Å². The molecule has 0 atom stereocenters. The van der Waals surface area contributed by atoms with Crippen molar-refractivity contribution < 1.29 is 21.6 Å². The molecule has 0 aliphatic rings. The summed E-state index contributed by atoms with van der Waals surface area (Å²) in [4.78, 5) is 0. The molecule has 0 radical (unpaired) electrons. The van der Waals surface area contributed by atoms with Crippen LogP contribution in [-0.2, 0) is 4.74 Å². The fourth-order valence-electron chi connectivity index (χ4n) is 3.56. The summed E-state index contributed by atoms with van der Waals surface area (Å²) in [7, 11) is 4.63. The zero-order valence-corrected chi connectivity index (χ0v) is 20.1. The van der Waals surface area contributed by atoms with Gasteiger partial charge in [0, 0.05) is 0 Å². The molecule has 0 aromatic rings. The Bertz CT molecular complexity index is 271. The maximum atomic E-state index is 5.95. The minimum atomic E-state index is 0. The number of hydrogen-bond donors (Lipinski definition) is 0. The molecule has 0 aromatic heterocycles. The lowest BCUT2D eigenvalue weighted by molar-refractivity contribution is -0.909. The van der Waals surface area contributed by atoms with Gasteiger partial charge >= 0.3 is 0 Å². The number of rotatable bonds is 21. The first kappa shape index (κ1) is 29.4. The molecule has 0 rings (SSSR count). The highest BCUT2D eigenvalue weighted by Crippen LogP contribution is 2.11. The minimum absolute atomic E-state index is 0. The molecule has 0 unspecified atom stereocenters. The Kier molecular flexibility index (Phi) is 24.5. The molecule has 0 aliphatic carbocycles. The van der Waals surface area contributed by atoms with Crippen LogP contribution in [0.5, 0.6) is 0 Å². The van der Waals surface area contributed by atoms with Crippen molar-refractivity contribution in [2.24, 2.45) is 0 Å². The van der Waals surface area contributed by atoms with Gasteiger partial charge in [0.25, 0.3) is 0 Å². The van der Waals surface area contributed by atoms with E-state index in [1.807, 2.05) is 0 Å². The molecule has 0 amide bonds. The predicted molar refractivity (Wildman–Crippen MR) is 118 cm³/mol. The number of quaternary nitrogens is 1. The van der Waals surface area contributed by atoms with E-state index in [9.17, 15) is 0 Å². The van der Waals surface area contributed by atoms with Crippen molar-refractivity contribution in [3.8, 4) is 0 Å². The number of hydrogen-bond acceptors (Lipinski definition) is 1. The highest BCUT2D eigenvalue weighted by molar-refractivity contribution is 4.47. The van der Waals surface area contributed by atoms with Crippen molar-refractivity contribution in [1.82, 2.24) is 0 Å². The Hall–Kier alpha value is 0.210. The van der Waals surface area contributed by atoms with Crippen LogP contribution in [0.15, 0.2) is 0 Å². The molecule has 0 fully saturated rings. The molecular weight excluding hydrogens is 354 g/mol. The van der Waals surface area contributed by atoms with Gasteiger partial charge in [0.15, 0.2) is 6.73 Å². The van der Waals surface area contributed by atoms with Gasteiger partial charge in [0.05, 0.1) is 27.2 Å². The lowest BCUT2D eigenvalue weighted by Crippen LogP contribution is -3.00. The third kappa shape index (κ3) is 24.2. The highest BCUT2D eigenvalue weighted by atomic mass is 35.5. The maximum absolute atomic E-state index is 5.95. The normalized spacial score (nSPS) is 11.6. The van der Waals surface area contributed by atoms with Crippen LogP contribution in [0.4, 0.5) is 0 Å². The van der Waals surface area contributed by atoms with Gasteiger partial charge in [-0.3, -0.25) is 0 Å². The van der Waals surface area contributed by atoms with Crippen LogP contribution < -0.4 is 12.4 Å². The van der Waals surface area contributed by atoms with Crippen LogP contribution in [0.25, 0.3) is 0 Å². The second-order valence-electron chi connectivity index (χ2n) is 9.00. The molecule has 0 aliphatic heterocycles. The smallest absolute Gasteiger partial charge is 0.182 e. The lowest BCUT2D eigenvalue weighted by Gasteiger charge is -2.29. The lowest BCUT2D eigenvalue weighted by atomic mass is 10.1. The molecule has 3 heteroatoms. The van der Waals surface area contributed by atoms with E-state index in [1.54, 1.807) is 0 Å². The Morgan fingerprint density at radius 1 is 0.519 bits per heavy atom. The van der Waals surface area contributed by atoms with Gasteiger partial charge in [-0.2, -0.15) is 0 Å². The zero-order valence-electron chi connectivity index (χ0n) is 19.4. The summed E-state index contributed by atoms with van der Waals surface area (Å²) < 4.78 is 6.97. The molecule has 166 valence electrons. The summed E-state index contributed by atoms with van der Waals surface area (Å²) in [5.74, 6) is 0. The summed E-state index contributed by atoms with van der Waals surface area (Å²) in [5.41, 5.74) is 0. The average Bonchev–Trinajstić information content (AvgIpc) is 2.62. The van der Waals surface area contributed by atoms with E-state index in [1.165, 1.54) is 116 Å². The molecule has 0 heterocycles. The van der Waals surface area contributed by atoms with Crippen LogP contribution >= 0.6 is 0 Å². The van der Waals surface area contributed by atoms with E-state index in [4.69, 9.17) is 4.74 Å². The first-order valence-corrected chi connectivity index (χ1v) is 12.0. The molecule has 0 spiro atoms. The second kappa shape index (κ2) is 22.5. The topological polar surface area (TPSA) is 9.23 Å². The Morgan fingerprint density at radius 3 is 1.33 bits per heavy atom. The van der Waals surface area contributed by atoms with E-state index in [0.29, 0.717) is 0 Å². The van der Waals surface area contributed by atoms with Crippen molar-refractivity contribution in [2.75, 3.05) is 34.0 Å². The summed E-state index contributed by atoms with van der Waals surface area (Å²) in [6.07, 6.45) is 23.7. The van der Waals surface area contributed by atoms with Crippen molar-refractivity contribution in [3.63, 3.8) is 0 Å². The standard InChI is InChI=1S/C24H52NO.ClH/c1-5-7-9-11-13-15-17-19-21-23-26-24-25(3,4)22-20-18-16-14-12-10-8-6-2;/h5-24H2,1-4H3;1H/q+1;/p-1. The van der Waals surface area contributed by atoms with Crippen LogP contribution in [0, 0.1) is 0 Å². The van der Waals surface area contributed by atoms with Gasteiger partial charge in [-0.1, -0.05) is 104 Å². The van der Waals surface area contributed by atoms with Crippen LogP contribution in [0.2, 0.25) is 0 Å². The van der Waals surface area contributed by atoms with Gasteiger partial charge in [-0.15, -0.1) is 0 Å². The van der Waals surface area contributed by atoms with Crippen molar-refractivity contribution in [2.45, 2.75) is 123 Å². The molecule has 0 N–H and O–H groups in total. The van der Waals surface area contributed by atoms with E-state index in [-0.39, 0.29) is 12.4 Å². The fraction of sp³-hybridized carbons (Fsp3) is 1.00. The summed E-state index contributed by atoms with van der Waals surface area (Å²) >= 11 is 0. The molecule has 2 nitrogen and oxygen atoms in total. The number of ether oxygens (including phenoxy) is 1. The summed E-state index contributed by atoms with van der Waals surface area (Å²) in [6, 6.07) is 0. The third-order valence-electron chi connectivity index (χ3n) is 5.45. The van der Waals surface area contributed by atoms with Gasteiger partial charge < -0.3 is 21.6 Å². The van der Waals surface area contributed by atoms with E-state index >= 15 is 0 Å². The minimum Gasteiger partial charge on any atom is -1.00 e. The number of nitrogens with zero attached hydrogens (tertiary/aromatic N) is 1. The van der Waals surface area contributed by atoms with E-state index < -0.39 is 0 Å². The molecule has 27 heavy (non-hydrogen) atoms. The third-order valence-corrected chi connectivity index (χ3v) is 5.45. The summed E-state index contributed by atoms with van der Waals surface area (Å²) in [6.45, 7) is 7.67. The van der Waals surface area contributed by atoms with Crippen molar-refractivity contribution in [3.05, 3.63) is 0 Å². The molecule has 0 aromatic carbocycles. The van der Waals surface area contributed by atoms with E-state index in [2.05, 4.69) is 27.9 Å². The Labute approximate surface area is 178 Å². The maximum Gasteiger partial charge on any atom is 0.182 e. The monoisotopic (exact) mass is 405 g/mol. The first-order valence-electron chi connectivity index (χ1n) is 12.0. The largest absolute Gasteiger partial charge is 1.00 e. The molecule has 0 saturated carbocycles. The Balaban J connectivity index is 0. The average molecular weight is 406 g/mol. The Morgan fingerprint density at radius 2 is 0.889 bits per heavy atom. The highest BCUT2D eigenvalue weighted by Gasteiger charge is 2.14. The molecule has 0 bridgehead atoms. The van der Waals surface area contributed by atoms with Gasteiger partial charge in [-0.25, -0.2) is 0 Å².